The molecule has 0 atom stereocenters. The molecule has 1 aliphatic heterocycles. The van der Waals surface area contributed by atoms with Gasteiger partial charge in [-0.25, -0.2) is 4.98 Å². The predicted octanol–water partition coefficient (Wildman–Crippen LogP) is 3.54. The highest BCUT2D eigenvalue weighted by atomic mass is 16.4. The molecule has 4 aromatic rings. The number of rotatable bonds is 1. The molecule has 0 unspecified atom stereocenters. The van der Waals surface area contributed by atoms with Crippen LogP contribution in [0.1, 0.15) is 18.7 Å². The normalized spacial score (nSPS) is 14.2. The summed E-state index contributed by atoms with van der Waals surface area (Å²) in [5.41, 5.74) is 1.43. The lowest BCUT2D eigenvalue weighted by atomic mass is 10.1. The monoisotopic (exact) mass is 317 g/mol. The Morgan fingerprint density at radius 3 is 2.79 bits per heavy atom. The Morgan fingerprint density at radius 1 is 1.00 bits per heavy atom. The fourth-order valence-electron chi connectivity index (χ4n) is 3.37. The smallest absolute Gasteiger partial charge is 0.283 e. The van der Waals surface area contributed by atoms with Crippen LogP contribution in [0.25, 0.3) is 33.5 Å². The Hall–Kier alpha value is -2.95. The van der Waals surface area contributed by atoms with E-state index in [1.807, 2.05) is 36.4 Å². The summed E-state index contributed by atoms with van der Waals surface area (Å²) in [5.74, 6) is 1.25. The van der Waals surface area contributed by atoms with Gasteiger partial charge in [-0.05, 0) is 35.7 Å². The number of oxazole rings is 1. The van der Waals surface area contributed by atoms with Gasteiger partial charge >= 0.3 is 0 Å². The van der Waals surface area contributed by atoms with Crippen LogP contribution in [-0.2, 0) is 13.0 Å². The maximum Gasteiger partial charge on any atom is 0.283 e. The van der Waals surface area contributed by atoms with Crippen molar-refractivity contribution >= 4 is 22.0 Å². The van der Waals surface area contributed by atoms with E-state index in [1.165, 1.54) is 0 Å². The molecule has 3 heterocycles. The molecule has 5 heteroatoms. The van der Waals surface area contributed by atoms with E-state index < -0.39 is 0 Å². The molecule has 0 saturated carbocycles. The first-order valence-electron chi connectivity index (χ1n) is 8.19. The fraction of sp³-hybridized carbons (Fsp3) is 0.211. The molecule has 118 valence electrons. The van der Waals surface area contributed by atoms with E-state index in [1.54, 1.807) is 4.57 Å². The molecule has 24 heavy (non-hydrogen) atoms. The molecule has 0 radical (unpaired) electrons. The van der Waals surface area contributed by atoms with E-state index in [4.69, 9.17) is 4.42 Å². The summed E-state index contributed by atoms with van der Waals surface area (Å²) in [5, 5.41) is 2.27. The van der Waals surface area contributed by atoms with Gasteiger partial charge in [0.25, 0.3) is 11.3 Å². The van der Waals surface area contributed by atoms with Crippen LogP contribution < -0.4 is 5.56 Å². The molecule has 0 spiro atoms. The molecular weight excluding hydrogens is 302 g/mol. The molecule has 0 saturated heterocycles. The van der Waals surface area contributed by atoms with Gasteiger partial charge in [0.15, 0.2) is 5.52 Å². The Labute approximate surface area is 137 Å². The maximum absolute atomic E-state index is 12.6. The third-order valence-electron chi connectivity index (χ3n) is 4.63. The van der Waals surface area contributed by atoms with Gasteiger partial charge in [0, 0.05) is 18.5 Å². The van der Waals surface area contributed by atoms with Gasteiger partial charge in [-0.1, -0.05) is 30.3 Å². The maximum atomic E-state index is 12.6. The van der Waals surface area contributed by atoms with Crippen LogP contribution in [0.3, 0.4) is 0 Å². The number of aryl methyl sites for hydroxylation is 1. The number of benzene rings is 2. The molecule has 5 nitrogen and oxygen atoms in total. The molecule has 0 bridgehead atoms. The number of hydrogen-bond acceptors (Lipinski definition) is 4. The van der Waals surface area contributed by atoms with Gasteiger partial charge in [0.2, 0.25) is 5.89 Å². The average molecular weight is 317 g/mol. The number of hydrogen-bond donors (Lipinski definition) is 0. The first kappa shape index (κ1) is 13.5. The van der Waals surface area contributed by atoms with Crippen LogP contribution >= 0.6 is 0 Å². The van der Waals surface area contributed by atoms with E-state index in [0.29, 0.717) is 17.1 Å². The standard InChI is InChI=1S/C19H15N3O2/c23-19-16-18(20-15-7-3-4-10-22(15)19)24-17(21-16)14-9-8-12-5-1-2-6-13(12)11-14/h1-2,5-6,8-9,11H,3-4,7,10H2. The van der Waals surface area contributed by atoms with Crippen LogP contribution in [0, 0.1) is 0 Å². The lowest BCUT2D eigenvalue weighted by Crippen LogP contribution is -2.28. The zero-order valence-corrected chi connectivity index (χ0v) is 13.0. The van der Waals surface area contributed by atoms with Crippen molar-refractivity contribution in [3.05, 3.63) is 58.6 Å². The predicted molar refractivity (Wildman–Crippen MR) is 91.9 cm³/mol. The second-order valence-corrected chi connectivity index (χ2v) is 6.18. The van der Waals surface area contributed by atoms with Crippen molar-refractivity contribution in [2.45, 2.75) is 25.8 Å². The molecule has 0 amide bonds. The third kappa shape index (κ3) is 1.98. The second kappa shape index (κ2) is 5.03. The summed E-state index contributed by atoms with van der Waals surface area (Å²) in [6.45, 7) is 0.718. The molecule has 5 rings (SSSR count). The largest absolute Gasteiger partial charge is 0.417 e. The molecular formula is C19H15N3O2. The molecule has 0 N–H and O–H groups in total. The average Bonchev–Trinajstić information content (AvgIpc) is 3.06. The van der Waals surface area contributed by atoms with E-state index in [9.17, 15) is 4.79 Å². The number of nitrogens with zero attached hydrogens (tertiary/aromatic N) is 3. The van der Waals surface area contributed by atoms with Crippen molar-refractivity contribution in [2.24, 2.45) is 0 Å². The van der Waals surface area contributed by atoms with Gasteiger partial charge in [-0.2, -0.15) is 4.98 Å². The Morgan fingerprint density at radius 2 is 1.88 bits per heavy atom. The van der Waals surface area contributed by atoms with Crippen LogP contribution in [0.5, 0.6) is 0 Å². The number of aromatic nitrogens is 3. The lowest BCUT2D eigenvalue weighted by molar-refractivity contribution is 0.494. The van der Waals surface area contributed by atoms with Gasteiger partial charge in [0.05, 0.1) is 0 Å². The minimum absolute atomic E-state index is 0.0921. The van der Waals surface area contributed by atoms with Crippen LogP contribution in [0.2, 0.25) is 0 Å². The van der Waals surface area contributed by atoms with Crippen LogP contribution in [-0.4, -0.2) is 14.5 Å². The van der Waals surface area contributed by atoms with Crippen molar-refractivity contribution < 1.29 is 4.42 Å². The van der Waals surface area contributed by atoms with Gasteiger partial charge in [0.1, 0.15) is 5.82 Å². The van der Waals surface area contributed by atoms with E-state index in [2.05, 4.69) is 16.0 Å². The van der Waals surface area contributed by atoms with Gasteiger partial charge in [-0.3, -0.25) is 9.36 Å². The summed E-state index contributed by atoms with van der Waals surface area (Å²) >= 11 is 0. The van der Waals surface area contributed by atoms with Crippen LogP contribution in [0.15, 0.2) is 51.7 Å². The summed E-state index contributed by atoms with van der Waals surface area (Å²) in [6.07, 6.45) is 2.89. The van der Waals surface area contributed by atoms with Gasteiger partial charge < -0.3 is 4.42 Å². The summed E-state index contributed by atoms with van der Waals surface area (Å²) < 4.78 is 7.55. The topological polar surface area (TPSA) is 60.9 Å². The van der Waals surface area contributed by atoms with Crippen molar-refractivity contribution in [1.29, 1.82) is 0 Å². The SMILES string of the molecule is O=c1c2nc(-c3ccc4ccccc4c3)oc2nc2n1CCCC2. The molecule has 0 fully saturated rings. The molecule has 0 aliphatic carbocycles. The fourth-order valence-corrected chi connectivity index (χ4v) is 3.37. The highest BCUT2D eigenvalue weighted by molar-refractivity contribution is 5.86. The Balaban J connectivity index is 1.71. The second-order valence-electron chi connectivity index (χ2n) is 6.18. The van der Waals surface area contributed by atoms with Crippen molar-refractivity contribution in [2.75, 3.05) is 0 Å². The Kier molecular flexibility index (Phi) is 2.82. The first-order chi connectivity index (χ1) is 11.8. The van der Waals surface area contributed by atoms with E-state index >= 15 is 0 Å². The molecule has 1 aliphatic rings. The summed E-state index contributed by atoms with van der Waals surface area (Å²) in [7, 11) is 0. The zero-order valence-electron chi connectivity index (χ0n) is 13.0. The zero-order chi connectivity index (χ0) is 16.1. The Bertz CT molecular complexity index is 1140. The quantitative estimate of drug-likeness (QED) is 0.539. The van der Waals surface area contributed by atoms with Crippen molar-refractivity contribution in [1.82, 2.24) is 14.5 Å². The lowest BCUT2D eigenvalue weighted by Gasteiger charge is -2.15. The third-order valence-corrected chi connectivity index (χ3v) is 4.63. The van der Waals surface area contributed by atoms with Crippen LogP contribution in [0.4, 0.5) is 0 Å². The summed E-state index contributed by atoms with van der Waals surface area (Å²) in [4.78, 5) is 21.6. The van der Waals surface area contributed by atoms with E-state index in [0.717, 1.165) is 48.0 Å². The minimum atomic E-state index is -0.0921. The molecule has 2 aromatic heterocycles. The molecule has 2 aromatic carbocycles. The van der Waals surface area contributed by atoms with Crippen molar-refractivity contribution in [3.8, 4) is 11.5 Å². The van der Waals surface area contributed by atoms with E-state index in [-0.39, 0.29) is 5.56 Å². The minimum Gasteiger partial charge on any atom is -0.417 e. The first-order valence-corrected chi connectivity index (χ1v) is 8.19. The van der Waals surface area contributed by atoms with Gasteiger partial charge in [-0.15, -0.1) is 0 Å². The highest BCUT2D eigenvalue weighted by Gasteiger charge is 2.19. The summed E-state index contributed by atoms with van der Waals surface area (Å²) in [6, 6.07) is 14.1. The number of fused-ring (bicyclic) bond motifs is 3. The van der Waals surface area contributed by atoms with Crippen molar-refractivity contribution in [3.63, 3.8) is 0 Å². The highest BCUT2D eigenvalue weighted by Crippen LogP contribution is 2.26.